The van der Waals surface area contributed by atoms with E-state index in [1.807, 2.05) is 0 Å². The number of hydrogen-bond acceptors (Lipinski definition) is 3. The summed E-state index contributed by atoms with van der Waals surface area (Å²) in [5.74, 6) is 1.27. The number of nitrogens with zero attached hydrogens (tertiary/aromatic N) is 1. The third kappa shape index (κ3) is 3.47. The molecule has 1 heterocycles. The Morgan fingerprint density at radius 2 is 2.17 bits per heavy atom. The van der Waals surface area contributed by atoms with Crippen LogP contribution in [0.3, 0.4) is 0 Å². The van der Waals surface area contributed by atoms with Crippen molar-refractivity contribution in [3.63, 3.8) is 0 Å². The number of carbonyl (C=O) groups excluding carboxylic acids is 1. The van der Waals surface area contributed by atoms with Crippen LogP contribution in [0.25, 0.3) is 0 Å². The fourth-order valence-corrected chi connectivity index (χ4v) is 2.39. The average molecular weight is 268 g/mol. The summed E-state index contributed by atoms with van der Waals surface area (Å²) in [4.78, 5) is 12.9. The molecule has 1 aromatic carbocycles. The number of hydrogen-bond donors (Lipinski definition) is 0. The fraction of sp³-hybridized carbons (Fsp3) is 0.500. The molecule has 1 aliphatic rings. The highest BCUT2D eigenvalue weighted by molar-refractivity contribution is 6.32. The zero-order valence-corrected chi connectivity index (χ0v) is 11.3. The first-order valence-corrected chi connectivity index (χ1v) is 6.63. The van der Waals surface area contributed by atoms with Gasteiger partial charge in [-0.05, 0) is 57.1 Å². The molecule has 0 saturated carbocycles. The van der Waals surface area contributed by atoms with Crippen LogP contribution in [0.15, 0.2) is 18.2 Å². The van der Waals surface area contributed by atoms with Crippen LogP contribution in [0.2, 0.25) is 5.02 Å². The number of carbonyl (C=O) groups is 1. The molecular weight excluding hydrogens is 250 g/mol. The fourth-order valence-electron chi connectivity index (χ4n) is 2.14. The Morgan fingerprint density at radius 1 is 1.44 bits per heavy atom. The monoisotopic (exact) mass is 267 g/mol. The van der Waals surface area contributed by atoms with Crippen molar-refractivity contribution in [2.75, 3.05) is 26.7 Å². The zero-order chi connectivity index (χ0) is 13.0. The van der Waals surface area contributed by atoms with Gasteiger partial charge >= 0.3 is 0 Å². The van der Waals surface area contributed by atoms with Crippen LogP contribution in [0, 0.1) is 5.92 Å². The largest absolute Gasteiger partial charge is 0.492 e. The summed E-state index contributed by atoms with van der Waals surface area (Å²) >= 11 is 6.06. The van der Waals surface area contributed by atoms with Gasteiger partial charge in [-0.2, -0.15) is 0 Å². The van der Waals surface area contributed by atoms with Crippen molar-refractivity contribution in [3.8, 4) is 5.75 Å². The van der Waals surface area contributed by atoms with Gasteiger partial charge < -0.3 is 9.64 Å². The highest BCUT2D eigenvalue weighted by atomic mass is 35.5. The van der Waals surface area contributed by atoms with Gasteiger partial charge in [0.1, 0.15) is 12.0 Å². The summed E-state index contributed by atoms with van der Waals surface area (Å²) in [5, 5.41) is 0.507. The van der Waals surface area contributed by atoms with E-state index in [4.69, 9.17) is 16.3 Å². The number of piperidine rings is 1. The van der Waals surface area contributed by atoms with Crippen LogP contribution < -0.4 is 4.74 Å². The summed E-state index contributed by atoms with van der Waals surface area (Å²) < 4.78 is 5.74. The third-order valence-corrected chi connectivity index (χ3v) is 3.70. The van der Waals surface area contributed by atoms with Gasteiger partial charge in [-0.1, -0.05) is 11.6 Å². The summed E-state index contributed by atoms with van der Waals surface area (Å²) in [6.07, 6.45) is 3.12. The number of benzene rings is 1. The molecule has 0 unspecified atom stereocenters. The van der Waals surface area contributed by atoms with E-state index in [0.717, 1.165) is 19.4 Å². The van der Waals surface area contributed by atoms with Crippen LogP contribution in [-0.4, -0.2) is 37.9 Å². The highest BCUT2D eigenvalue weighted by Crippen LogP contribution is 2.26. The lowest BCUT2D eigenvalue weighted by molar-refractivity contribution is 0.112. The molecule has 0 atom stereocenters. The summed E-state index contributed by atoms with van der Waals surface area (Å²) in [6, 6.07) is 5.13. The SMILES string of the molecule is CN1CCC(COc2ccc(C=O)cc2Cl)CC1. The lowest BCUT2D eigenvalue weighted by Gasteiger charge is -2.28. The first-order valence-electron chi connectivity index (χ1n) is 6.25. The Bertz CT molecular complexity index is 414. The minimum Gasteiger partial charge on any atom is -0.492 e. The Hall–Kier alpha value is -1.06. The first kappa shape index (κ1) is 13.4. The van der Waals surface area contributed by atoms with Gasteiger partial charge in [-0.3, -0.25) is 4.79 Å². The minimum atomic E-state index is 0.507. The maximum absolute atomic E-state index is 10.6. The lowest BCUT2D eigenvalue weighted by Crippen LogP contribution is -2.32. The van der Waals surface area contributed by atoms with Gasteiger partial charge in [0.2, 0.25) is 0 Å². The molecule has 1 aromatic rings. The Balaban J connectivity index is 1.88. The third-order valence-electron chi connectivity index (χ3n) is 3.40. The van der Waals surface area contributed by atoms with E-state index in [-0.39, 0.29) is 0 Å². The molecule has 1 aliphatic heterocycles. The molecule has 0 amide bonds. The molecule has 4 heteroatoms. The van der Waals surface area contributed by atoms with E-state index in [9.17, 15) is 4.79 Å². The van der Waals surface area contributed by atoms with E-state index in [1.165, 1.54) is 12.8 Å². The van der Waals surface area contributed by atoms with E-state index < -0.39 is 0 Å². The van der Waals surface area contributed by atoms with Crippen molar-refractivity contribution in [2.45, 2.75) is 12.8 Å². The maximum atomic E-state index is 10.6. The number of ether oxygens (including phenoxy) is 1. The normalized spacial score (nSPS) is 17.7. The van der Waals surface area contributed by atoms with Crippen molar-refractivity contribution in [1.82, 2.24) is 4.90 Å². The second-order valence-corrected chi connectivity index (χ2v) is 5.27. The van der Waals surface area contributed by atoms with Gasteiger partial charge in [0, 0.05) is 5.56 Å². The maximum Gasteiger partial charge on any atom is 0.150 e. The van der Waals surface area contributed by atoms with Gasteiger partial charge in [0.15, 0.2) is 0 Å². The van der Waals surface area contributed by atoms with Gasteiger partial charge in [-0.15, -0.1) is 0 Å². The number of halogens is 1. The Kier molecular flexibility index (Phi) is 4.61. The van der Waals surface area contributed by atoms with Gasteiger partial charge in [0.25, 0.3) is 0 Å². The molecule has 0 radical (unpaired) electrons. The van der Waals surface area contributed by atoms with Crippen molar-refractivity contribution in [1.29, 1.82) is 0 Å². The van der Waals surface area contributed by atoms with E-state index >= 15 is 0 Å². The molecule has 18 heavy (non-hydrogen) atoms. The first-order chi connectivity index (χ1) is 8.69. The second kappa shape index (κ2) is 6.21. The number of rotatable bonds is 4. The molecule has 98 valence electrons. The molecule has 0 N–H and O–H groups in total. The molecular formula is C14H18ClNO2. The molecule has 2 rings (SSSR count). The summed E-state index contributed by atoms with van der Waals surface area (Å²) in [6.45, 7) is 2.96. The minimum absolute atomic E-state index is 0.507. The number of likely N-dealkylation sites (tertiary alicyclic amines) is 1. The van der Waals surface area contributed by atoms with Gasteiger partial charge in [-0.25, -0.2) is 0 Å². The molecule has 0 aromatic heterocycles. The average Bonchev–Trinajstić information content (AvgIpc) is 2.39. The second-order valence-electron chi connectivity index (χ2n) is 4.87. The predicted octanol–water partition coefficient (Wildman–Crippen LogP) is 2.87. The van der Waals surface area contributed by atoms with Crippen LogP contribution in [0.4, 0.5) is 0 Å². The summed E-state index contributed by atoms with van der Waals surface area (Å²) in [7, 11) is 2.14. The topological polar surface area (TPSA) is 29.5 Å². The van der Waals surface area contributed by atoms with E-state index in [0.29, 0.717) is 28.9 Å². The standard InChI is InChI=1S/C14H18ClNO2/c1-16-6-4-11(5-7-16)10-18-14-3-2-12(9-17)8-13(14)15/h2-3,8-9,11H,4-7,10H2,1H3. The Labute approximate surface area is 113 Å². The van der Waals surface area contributed by atoms with Crippen molar-refractivity contribution >= 4 is 17.9 Å². The molecule has 1 saturated heterocycles. The van der Waals surface area contributed by atoms with Crippen molar-refractivity contribution < 1.29 is 9.53 Å². The molecule has 0 spiro atoms. The molecule has 1 fully saturated rings. The predicted molar refractivity (Wildman–Crippen MR) is 72.6 cm³/mol. The number of aldehydes is 1. The summed E-state index contributed by atoms with van der Waals surface area (Å²) in [5.41, 5.74) is 0.576. The molecule has 0 aliphatic carbocycles. The van der Waals surface area contributed by atoms with Crippen LogP contribution in [0.5, 0.6) is 5.75 Å². The zero-order valence-electron chi connectivity index (χ0n) is 10.6. The van der Waals surface area contributed by atoms with Crippen LogP contribution in [0.1, 0.15) is 23.2 Å². The van der Waals surface area contributed by atoms with E-state index in [2.05, 4.69) is 11.9 Å². The molecule has 0 bridgehead atoms. The van der Waals surface area contributed by atoms with Crippen LogP contribution >= 0.6 is 11.6 Å². The van der Waals surface area contributed by atoms with Crippen molar-refractivity contribution in [2.24, 2.45) is 5.92 Å². The Morgan fingerprint density at radius 3 is 2.78 bits per heavy atom. The van der Waals surface area contributed by atoms with Gasteiger partial charge in [0.05, 0.1) is 11.6 Å². The van der Waals surface area contributed by atoms with E-state index in [1.54, 1.807) is 18.2 Å². The lowest BCUT2D eigenvalue weighted by atomic mass is 9.98. The van der Waals surface area contributed by atoms with Crippen molar-refractivity contribution in [3.05, 3.63) is 28.8 Å². The van der Waals surface area contributed by atoms with Crippen LogP contribution in [-0.2, 0) is 0 Å². The quantitative estimate of drug-likeness (QED) is 0.786. The smallest absolute Gasteiger partial charge is 0.150 e. The highest BCUT2D eigenvalue weighted by Gasteiger charge is 2.17. The molecule has 3 nitrogen and oxygen atoms in total.